The molecule has 1 heterocycles. The highest BCUT2D eigenvalue weighted by atomic mass is 16.2. The van der Waals surface area contributed by atoms with Crippen LogP contribution in [0.4, 0.5) is 21.9 Å². The summed E-state index contributed by atoms with van der Waals surface area (Å²) in [4.78, 5) is 14.6. The molecule has 5 nitrogen and oxygen atoms in total. The fraction of sp³-hybridized carbons (Fsp3) is 0.227. The summed E-state index contributed by atoms with van der Waals surface area (Å²) in [5, 5.41) is 5.81. The van der Waals surface area contributed by atoms with Gasteiger partial charge in [-0.1, -0.05) is 0 Å². The van der Waals surface area contributed by atoms with Crippen molar-refractivity contribution in [3.63, 3.8) is 0 Å². The maximum Gasteiger partial charge on any atom is 0.323 e. The molecule has 0 atom stereocenters. The number of benzene rings is 2. The van der Waals surface area contributed by atoms with E-state index in [1.807, 2.05) is 72.4 Å². The van der Waals surface area contributed by atoms with E-state index in [-0.39, 0.29) is 6.03 Å². The number of hydrogen-bond acceptors (Lipinski definition) is 2. The number of aryl methyl sites for hydroxylation is 1. The van der Waals surface area contributed by atoms with Gasteiger partial charge in [0.2, 0.25) is 0 Å². The van der Waals surface area contributed by atoms with Crippen LogP contribution in [0.3, 0.4) is 0 Å². The summed E-state index contributed by atoms with van der Waals surface area (Å²) >= 11 is 0. The first kappa shape index (κ1) is 18.6. The zero-order valence-corrected chi connectivity index (χ0v) is 16.1. The number of aromatic nitrogens is 1. The van der Waals surface area contributed by atoms with Crippen LogP contribution >= 0.6 is 0 Å². The minimum atomic E-state index is -0.248. The fourth-order valence-electron chi connectivity index (χ4n) is 3.08. The molecule has 0 saturated heterocycles. The Morgan fingerprint density at radius 1 is 0.963 bits per heavy atom. The average Bonchev–Trinajstić information content (AvgIpc) is 3.20. The van der Waals surface area contributed by atoms with Crippen LogP contribution in [0.25, 0.3) is 5.69 Å². The summed E-state index contributed by atoms with van der Waals surface area (Å²) < 4.78 is 2.02. The quantitative estimate of drug-likeness (QED) is 0.627. The minimum Gasteiger partial charge on any atom is -0.372 e. The summed E-state index contributed by atoms with van der Waals surface area (Å²) in [5.41, 5.74) is 4.82. The molecule has 0 unspecified atom stereocenters. The van der Waals surface area contributed by atoms with Crippen molar-refractivity contribution in [3.8, 4) is 5.69 Å². The van der Waals surface area contributed by atoms with E-state index in [2.05, 4.69) is 35.4 Å². The summed E-state index contributed by atoms with van der Waals surface area (Å²) in [6, 6.07) is 17.5. The fourth-order valence-corrected chi connectivity index (χ4v) is 3.08. The molecule has 1 aromatic heterocycles. The molecule has 2 aromatic carbocycles. The van der Waals surface area contributed by atoms with Crippen LogP contribution in [-0.2, 0) is 0 Å². The minimum absolute atomic E-state index is 0.248. The first-order valence-electron chi connectivity index (χ1n) is 9.27. The van der Waals surface area contributed by atoms with E-state index < -0.39 is 0 Å². The second kappa shape index (κ2) is 8.45. The van der Waals surface area contributed by atoms with Gasteiger partial charge in [0.15, 0.2) is 0 Å². The van der Waals surface area contributed by atoms with Gasteiger partial charge in [-0.05, 0) is 80.9 Å². The standard InChI is InChI=1S/C22H26N4O/c1-4-25(5-2)20-12-13-21(17(3)16-20)24-22(27)23-18-8-10-19(11-9-18)26-14-6-7-15-26/h6-16H,4-5H2,1-3H3,(H2,23,24,27). The van der Waals surface area contributed by atoms with E-state index >= 15 is 0 Å². The number of hydrogen-bond donors (Lipinski definition) is 2. The smallest absolute Gasteiger partial charge is 0.323 e. The van der Waals surface area contributed by atoms with Crippen molar-refractivity contribution >= 4 is 23.1 Å². The van der Waals surface area contributed by atoms with E-state index in [0.717, 1.165) is 35.7 Å². The SMILES string of the molecule is CCN(CC)c1ccc(NC(=O)Nc2ccc(-n3cccc3)cc2)c(C)c1. The molecular formula is C22H26N4O. The summed E-state index contributed by atoms with van der Waals surface area (Å²) in [7, 11) is 0. The van der Waals surface area contributed by atoms with Crippen molar-refractivity contribution in [2.24, 2.45) is 0 Å². The third-order valence-corrected chi connectivity index (χ3v) is 4.61. The van der Waals surface area contributed by atoms with Gasteiger partial charge < -0.3 is 20.1 Å². The number of amides is 2. The van der Waals surface area contributed by atoms with Gasteiger partial charge in [0, 0.05) is 48.2 Å². The van der Waals surface area contributed by atoms with E-state index in [1.54, 1.807) is 0 Å². The average molecular weight is 362 g/mol. The number of carbonyl (C=O) groups is 1. The van der Waals surface area contributed by atoms with Crippen LogP contribution in [0.2, 0.25) is 0 Å². The first-order valence-corrected chi connectivity index (χ1v) is 9.27. The molecule has 5 heteroatoms. The molecule has 0 radical (unpaired) electrons. The van der Waals surface area contributed by atoms with Crippen LogP contribution in [0, 0.1) is 6.92 Å². The molecule has 0 aliphatic rings. The van der Waals surface area contributed by atoms with Crippen LogP contribution in [0.15, 0.2) is 67.0 Å². The maximum absolute atomic E-state index is 12.3. The lowest BCUT2D eigenvalue weighted by molar-refractivity contribution is 0.262. The Kier molecular flexibility index (Phi) is 5.81. The Labute approximate surface area is 160 Å². The van der Waals surface area contributed by atoms with E-state index in [1.165, 1.54) is 5.69 Å². The second-order valence-corrected chi connectivity index (χ2v) is 6.39. The molecule has 0 fully saturated rings. The molecule has 27 heavy (non-hydrogen) atoms. The third kappa shape index (κ3) is 4.50. The molecule has 140 valence electrons. The molecular weight excluding hydrogens is 336 g/mol. The number of nitrogens with zero attached hydrogens (tertiary/aromatic N) is 2. The maximum atomic E-state index is 12.3. The molecule has 3 rings (SSSR count). The van der Waals surface area contributed by atoms with Crippen molar-refractivity contribution in [1.29, 1.82) is 0 Å². The molecule has 0 saturated carbocycles. The molecule has 3 aromatic rings. The number of urea groups is 1. The zero-order valence-electron chi connectivity index (χ0n) is 16.1. The van der Waals surface area contributed by atoms with Crippen LogP contribution in [0.1, 0.15) is 19.4 Å². The van der Waals surface area contributed by atoms with Crippen molar-refractivity contribution in [2.75, 3.05) is 28.6 Å². The van der Waals surface area contributed by atoms with Crippen LogP contribution < -0.4 is 15.5 Å². The Morgan fingerprint density at radius 2 is 1.63 bits per heavy atom. The number of anilines is 3. The summed E-state index contributed by atoms with van der Waals surface area (Å²) in [5.74, 6) is 0. The van der Waals surface area contributed by atoms with E-state index in [0.29, 0.717) is 0 Å². The first-order chi connectivity index (χ1) is 13.1. The summed E-state index contributed by atoms with van der Waals surface area (Å²) in [6.45, 7) is 8.21. The van der Waals surface area contributed by atoms with Crippen molar-refractivity contribution in [2.45, 2.75) is 20.8 Å². The van der Waals surface area contributed by atoms with E-state index in [4.69, 9.17) is 0 Å². The highest BCUT2D eigenvalue weighted by molar-refractivity contribution is 6.00. The Hall–Kier alpha value is -3.21. The van der Waals surface area contributed by atoms with Crippen molar-refractivity contribution in [1.82, 2.24) is 4.57 Å². The predicted octanol–water partition coefficient (Wildman–Crippen LogP) is 5.28. The lowest BCUT2D eigenvalue weighted by Crippen LogP contribution is -2.22. The Balaban J connectivity index is 1.64. The lowest BCUT2D eigenvalue weighted by Gasteiger charge is -2.22. The Bertz CT molecular complexity index is 881. The van der Waals surface area contributed by atoms with Gasteiger partial charge in [-0.3, -0.25) is 0 Å². The van der Waals surface area contributed by atoms with Crippen LogP contribution in [-0.4, -0.2) is 23.7 Å². The molecule has 0 bridgehead atoms. The Morgan fingerprint density at radius 3 is 2.22 bits per heavy atom. The molecule has 0 aliphatic heterocycles. The second-order valence-electron chi connectivity index (χ2n) is 6.39. The lowest BCUT2D eigenvalue weighted by atomic mass is 10.1. The largest absolute Gasteiger partial charge is 0.372 e. The highest BCUT2D eigenvalue weighted by Gasteiger charge is 2.08. The monoisotopic (exact) mass is 362 g/mol. The molecule has 0 aliphatic carbocycles. The van der Waals surface area contributed by atoms with Crippen LogP contribution in [0.5, 0.6) is 0 Å². The van der Waals surface area contributed by atoms with Gasteiger partial charge >= 0.3 is 6.03 Å². The zero-order chi connectivity index (χ0) is 19.2. The van der Waals surface area contributed by atoms with E-state index in [9.17, 15) is 4.79 Å². The molecule has 2 N–H and O–H groups in total. The predicted molar refractivity (Wildman–Crippen MR) is 113 cm³/mol. The third-order valence-electron chi connectivity index (χ3n) is 4.61. The van der Waals surface area contributed by atoms with Gasteiger partial charge in [0.05, 0.1) is 0 Å². The van der Waals surface area contributed by atoms with Gasteiger partial charge in [-0.2, -0.15) is 0 Å². The molecule has 0 spiro atoms. The van der Waals surface area contributed by atoms with Gasteiger partial charge in [0.1, 0.15) is 0 Å². The van der Waals surface area contributed by atoms with Gasteiger partial charge in [0.25, 0.3) is 0 Å². The number of nitrogens with one attached hydrogen (secondary N) is 2. The van der Waals surface area contributed by atoms with Gasteiger partial charge in [-0.15, -0.1) is 0 Å². The topological polar surface area (TPSA) is 49.3 Å². The highest BCUT2D eigenvalue weighted by Crippen LogP contribution is 2.23. The number of carbonyl (C=O) groups excluding carboxylic acids is 1. The van der Waals surface area contributed by atoms with Crippen molar-refractivity contribution < 1.29 is 4.79 Å². The molecule has 2 amide bonds. The van der Waals surface area contributed by atoms with Gasteiger partial charge in [-0.25, -0.2) is 4.79 Å². The normalized spacial score (nSPS) is 10.5. The number of rotatable bonds is 6. The summed E-state index contributed by atoms with van der Waals surface area (Å²) in [6.07, 6.45) is 3.97. The van der Waals surface area contributed by atoms with Crippen molar-refractivity contribution in [3.05, 3.63) is 72.6 Å².